The summed E-state index contributed by atoms with van der Waals surface area (Å²) in [7, 11) is 1.80. The van der Waals surface area contributed by atoms with Crippen molar-refractivity contribution in [3.05, 3.63) is 23.1 Å². The number of carbonyl (C=O) groups excluding carboxylic acids is 1. The lowest BCUT2D eigenvalue weighted by Gasteiger charge is -2.38. The van der Waals surface area contributed by atoms with Gasteiger partial charge in [0, 0.05) is 25.9 Å². The van der Waals surface area contributed by atoms with Crippen LogP contribution in [0.15, 0.2) is 16.5 Å². The quantitative estimate of drug-likeness (QED) is 0.842. The summed E-state index contributed by atoms with van der Waals surface area (Å²) in [5.41, 5.74) is 0. The Hall–Kier alpha value is -1.04. The molecular weight excluding hydrogens is 282 g/mol. The summed E-state index contributed by atoms with van der Waals surface area (Å²) in [6.45, 7) is 1.34. The lowest BCUT2D eigenvalue weighted by molar-refractivity contribution is -0.182. The fourth-order valence-electron chi connectivity index (χ4n) is 2.98. The van der Waals surface area contributed by atoms with Crippen LogP contribution in [0.2, 0.25) is 5.22 Å². The molecule has 1 aromatic heterocycles. The van der Waals surface area contributed by atoms with Crippen LogP contribution in [0.25, 0.3) is 0 Å². The van der Waals surface area contributed by atoms with Gasteiger partial charge in [-0.15, -0.1) is 0 Å². The van der Waals surface area contributed by atoms with Crippen LogP contribution in [0.5, 0.6) is 0 Å². The highest BCUT2D eigenvalue weighted by atomic mass is 35.5. The van der Waals surface area contributed by atoms with E-state index in [1.807, 2.05) is 0 Å². The van der Waals surface area contributed by atoms with E-state index in [0.717, 1.165) is 25.7 Å². The Bertz CT molecular complexity index is 485. The van der Waals surface area contributed by atoms with E-state index in [4.69, 9.17) is 25.5 Å². The second-order valence-electron chi connectivity index (χ2n) is 5.36. The topological polar surface area (TPSA) is 51.9 Å². The fourth-order valence-corrected chi connectivity index (χ4v) is 3.13. The Morgan fingerprint density at radius 3 is 2.50 bits per heavy atom. The lowest BCUT2D eigenvalue weighted by atomic mass is 9.89. The first-order valence-corrected chi connectivity index (χ1v) is 7.28. The van der Waals surface area contributed by atoms with Crippen LogP contribution in [-0.4, -0.2) is 42.9 Å². The van der Waals surface area contributed by atoms with Gasteiger partial charge in [0.2, 0.25) is 0 Å². The zero-order chi connectivity index (χ0) is 14.2. The Morgan fingerprint density at radius 2 is 1.95 bits per heavy atom. The minimum atomic E-state index is -0.394. The number of nitrogens with zero attached hydrogens (tertiary/aromatic N) is 1. The highest BCUT2D eigenvalue weighted by molar-refractivity contribution is 6.29. The summed E-state index contributed by atoms with van der Waals surface area (Å²) in [4.78, 5) is 14.0. The Labute approximate surface area is 122 Å². The molecule has 6 heteroatoms. The normalized spacial score (nSPS) is 22.3. The maximum Gasteiger partial charge on any atom is 0.289 e. The van der Waals surface area contributed by atoms with Gasteiger partial charge < -0.3 is 18.8 Å². The molecule has 1 saturated heterocycles. The molecule has 0 N–H and O–H groups in total. The van der Waals surface area contributed by atoms with E-state index in [2.05, 4.69) is 0 Å². The number of hydrogen-bond acceptors (Lipinski definition) is 4. The molecule has 1 spiro atoms. The van der Waals surface area contributed by atoms with Crippen molar-refractivity contribution >= 4 is 17.5 Å². The molecule has 2 fully saturated rings. The van der Waals surface area contributed by atoms with Gasteiger partial charge in [-0.25, -0.2) is 0 Å². The van der Waals surface area contributed by atoms with E-state index in [1.165, 1.54) is 0 Å². The van der Waals surface area contributed by atoms with Gasteiger partial charge in [-0.3, -0.25) is 4.79 Å². The smallest absolute Gasteiger partial charge is 0.289 e. The number of ether oxygens (including phenoxy) is 2. The number of hydrogen-bond donors (Lipinski definition) is 0. The third kappa shape index (κ3) is 2.57. The lowest BCUT2D eigenvalue weighted by Crippen LogP contribution is -2.44. The van der Waals surface area contributed by atoms with E-state index in [-0.39, 0.29) is 22.9 Å². The Balaban J connectivity index is 1.61. The van der Waals surface area contributed by atoms with Crippen molar-refractivity contribution in [2.24, 2.45) is 0 Å². The van der Waals surface area contributed by atoms with Crippen molar-refractivity contribution in [2.75, 3.05) is 20.3 Å². The van der Waals surface area contributed by atoms with Crippen LogP contribution in [0.3, 0.4) is 0 Å². The van der Waals surface area contributed by atoms with Crippen molar-refractivity contribution in [3.8, 4) is 0 Å². The standard InChI is InChI=1S/C14H18ClNO4/c1-16(13(17)11-2-3-12(15)20-11)10-4-6-14(7-5-10)18-8-9-19-14/h2-3,10H,4-9H2,1H3. The average Bonchev–Trinajstić information content (AvgIpc) is 3.08. The van der Waals surface area contributed by atoms with Gasteiger partial charge in [-0.1, -0.05) is 0 Å². The first kappa shape index (κ1) is 13.9. The van der Waals surface area contributed by atoms with Gasteiger partial charge in [0.25, 0.3) is 5.91 Å². The molecule has 0 atom stereocenters. The highest BCUT2D eigenvalue weighted by Gasteiger charge is 2.41. The molecule has 0 aromatic carbocycles. The Morgan fingerprint density at radius 1 is 1.30 bits per heavy atom. The van der Waals surface area contributed by atoms with Crippen LogP contribution in [0, 0.1) is 0 Å². The van der Waals surface area contributed by atoms with E-state index in [0.29, 0.717) is 13.2 Å². The van der Waals surface area contributed by atoms with Gasteiger partial charge in [0.05, 0.1) is 13.2 Å². The zero-order valence-corrected chi connectivity index (χ0v) is 12.2. The summed E-state index contributed by atoms with van der Waals surface area (Å²) < 4.78 is 16.6. The molecule has 3 rings (SSSR count). The molecule has 1 amide bonds. The van der Waals surface area contributed by atoms with E-state index in [1.54, 1.807) is 24.1 Å². The summed E-state index contributed by atoms with van der Waals surface area (Å²) in [5, 5.41) is 0.233. The van der Waals surface area contributed by atoms with Crippen LogP contribution in [0.1, 0.15) is 36.2 Å². The Kier molecular flexibility index (Phi) is 3.75. The first-order valence-electron chi connectivity index (χ1n) is 6.90. The summed E-state index contributed by atoms with van der Waals surface area (Å²) >= 11 is 5.71. The number of carbonyl (C=O) groups is 1. The predicted molar refractivity (Wildman–Crippen MR) is 72.7 cm³/mol. The second kappa shape index (κ2) is 5.39. The minimum Gasteiger partial charge on any atom is -0.440 e. The maximum absolute atomic E-state index is 12.3. The van der Waals surface area contributed by atoms with Gasteiger partial charge in [0.1, 0.15) is 0 Å². The van der Waals surface area contributed by atoms with Gasteiger partial charge in [-0.05, 0) is 36.6 Å². The fraction of sp³-hybridized carbons (Fsp3) is 0.643. The van der Waals surface area contributed by atoms with Gasteiger partial charge >= 0.3 is 0 Å². The number of amides is 1. The van der Waals surface area contributed by atoms with Crippen molar-refractivity contribution in [2.45, 2.75) is 37.5 Å². The first-order chi connectivity index (χ1) is 9.60. The molecule has 2 heterocycles. The van der Waals surface area contributed by atoms with E-state index in [9.17, 15) is 4.79 Å². The molecule has 0 bridgehead atoms. The molecule has 1 aliphatic carbocycles. The van der Waals surface area contributed by atoms with E-state index < -0.39 is 5.79 Å². The summed E-state index contributed by atoms with van der Waals surface area (Å²) in [6.07, 6.45) is 3.40. The van der Waals surface area contributed by atoms with Crippen molar-refractivity contribution < 1.29 is 18.7 Å². The van der Waals surface area contributed by atoms with Crippen molar-refractivity contribution in [1.82, 2.24) is 4.90 Å². The second-order valence-corrected chi connectivity index (χ2v) is 5.73. The predicted octanol–water partition coefficient (Wildman–Crippen LogP) is 2.69. The van der Waals surface area contributed by atoms with Gasteiger partial charge in [0.15, 0.2) is 16.8 Å². The molecule has 5 nitrogen and oxygen atoms in total. The van der Waals surface area contributed by atoms with Crippen LogP contribution >= 0.6 is 11.6 Å². The molecule has 0 unspecified atom stereocenters. The van der Waals surface area contributed by atoms with Crippen LogP contribution in [-0.2, 0) is 9.47 Å². The van der Waals surface area contributed by atoms with Crippen LogP contribution < -0.4 is 0 Å². The number of furan rings is 1. The molecule has 20 heavy (non-hydrogen) atoms. The summed E-state index contributed by atoms with van der Waals surface area (Å²) in [5.74, 6) is -0.244. The molecule has 110 valence electrons. The van der Waals surface area contributed by atoms with Gasteiger partial charge in [-0.2, -0.15) is 0 Å². The number of rotatable bonds is 2. The maximum atomic E-state index is 12.3. The summed E-state index contributed by atoms with van der Waals surface area (Å²) in [6, 6.07) is 3.37. The monoisotopic (exact) mass is 299 g/mol. The molecule has 2 aliphatic rings. The zero-order valence-electron chi connectivity index (χ0n) is 11.4. The van der Waals surface area contributed by atoms with Crippen LogP contribution in [0.4, 0.5) is 0 Å². The average molecular weight is 300 g/mol. The van der Waals surface area contributed by atoms with E-state index >= 15 is 0 Å². The molecule has 1 aliphatic heterocycles. The SMILES string of the molecule is CN(C(=O)c1ccc(Cl)o1)C1CCC2(CC1)OCCO2. The van der Waals surface area contributed by atoms with Crippen molar-refractivity contribution in [3.63, 3.8) is 0 Å². The molecular formula is C14H18ClNO4. The molecule has 1 aromatic rings. The number of halogens is 1. The largest absolute Gasteiger partial charge is 0.440 e. The minimum absolute atomic E-state index is 0.133. The molecule has 0 radical (unpaired) electrons. The highest BCUT2D eigenvalue weighted by Crippen LogP contribution is 2.37. The molecule has 1 saturated carbocycles. The third-order valence-electron chi connectivity index (χ3n) is 4.18. The van der Waals surface area contributed by atoms with Crippen molar-refractivity contribution in [1.29, 1.82) is 0 Å². The third-order valence-corrected chi connectivity index (χ3v) is 4.39.